The molecule has 1 fully saturated rings. The molecule has 1 aliphatic carbocycles. The van der Waals surface area contributed by atoms with Crippen molar-refractivity contribution in [3.63, 3.8) is 0 Å². The second-order valence-electron chi connectivity index (χ2n) is 8.51. The molecule has 30 heavy (non-hydrogen) atoms. The van der Waals surface area contributed by atoms with Gasteiger partial charge in [0.1, 0.15) is 0 Å². The van der Waals surface area contributed by atoms with Crippen LogP contribution in [0.15, 0.2) is 41.4 Å². The summed E-state index contributed by atoms with van der Waals surface area (Å²) in [7, 11) is 0. The number of carbonyl (C=O) groups excluding carboxylic acids is 2. The summed E-state index contributed by atoms with van der Waals surface area (Å²) < 4.78 is 0. The maximum absolute atomic E-state index is 13.2. The molecule has 1 unspecified atom stereocenters. The number of aryl methyl sites for hydroxylation is 1. The molecule has 2 aliphatic rings. The molecule has 2 aromatic carbocycles. The summed E-state index contributed by atoms with van der Waals surface area (Å²) in [5.41, 5.74) is 2.72. The van der Waals surface area contributed by atoms with Gasteiger partial charge in [0.25, 0.3) is 5.91 Å². The minimum absolute atomic E-state index is 0.0504. The summed E-state index contributed by atoms with van der Waals surface area (Å²) in [5.74, 6) is -0.372. The molecular formula is C25H27ClN2O2. The van der Waals surface area contributed by atoms with E-state index in [-0.39, 0.29) is 17.7 Å². The SMILES string of the molecule is Cc1ccc2c(c1C)=NC(=O)C(CCNC(=O)C1(c3ccc(Cl)cc3)CCCC1)C=2. The Kier molecular flexibility index (Phi) is 5.79. The molecule has 0 aromatic heterocycles. The van der Waals surface area contributed by atoms with Crippen LogP contribution in [0.2, 0.25) is 5.02 Å². The highest BCUT2D eigenvalue weighted by atomic mass is 35.5. The Hall–Kier alpha value is -2.46. The maximum atomic E-state index is 13.2. The van der Waals surface area contributed by atoms with E-state index in [1.807, 2.05) is 50.3 Å². The summed E-state index contributed by atoms with van der Waals surface area (Å²) >= 11 is 6.04. The van der Waals surface area contributed by atoms with Crippen molar-refractivity contribution in [2.24, 2.45) is 10.9 Å². The average Bonchev–Trinajstić information content (AvgIpc) is 3.23. The lowest BCUT2D eigenvalue weighted by atomic mass is 9.78. The maximum Gasteiger partial charge on any atom is 0.253 e. The Morgan fingerprint density at radius 2 is 1.83 bits per heavy atom. The lowest BCUT2D eigenvalue weighted by molar-refractivity contribution is -0.127. The van der Waals surface area contributed by atoms with Crippen molar-refractivity contribution < 1.29 is 9.59 Å². The summed E-state index contributed by atoms with van der Waals surface area (Å²) in [5, 5.41) is 5.57. The third-order valence-electron chi connectivity index (χ3n) is 6.68. The molecular weight excluding hydrogens is 396 g/mol. The fourth-order valence-corrected chi connectivity index (χ4v) is 4.82. The highest BCUT2D eigenvalue weighted by Crippen LogP contribution is 2.41. The zero-order chi connectivity index (χ0) is 21.3. The van der Waals surface area contributed by atoms with Crippen LogP contribution >= 0.6 is 11.6 Å². The predicted molar refractivity (Wildman–Crippen MR) is 119 cm³/mol. The molecule has 0 spiro atoms. The Labute approximate surface area is 182 Å². The minimum atomic E-state index is -0.490. The molecule has 0 radical (unpaired) electrons. The van der Waals surface area contributed by atoms with Gasteiger partial charge in [-0.3, -0.25) is 9.59 Å². The van der Waals surface area contributed by atoms with Crippen molar-refractivity contribution in [2.45, 2.75) is 51.4 Å². The second-order valence-corrected chi connectivity index (χ2v) is 8.95. The Morgan fingerprint density at radius 1 is 1.13 bits per heavy atom. The average molecular weight is 423 g/mol. The van der Waals surface area contributed by atoms with Crippen LogP contribution in [0.4, 0.5) is 0 Å². The number of halogens is 1. The zero-order valence-electron chi connectivity index (χ0n) is 17.5. The van der Waals surface area contributed by atoms with Crippen LogP contribution in [0.3, 0.4) is 0 Å². The highest BCUT2D eigenvalue weighted by Gasteiger charge is 2.42. The molecule has 2 aromatic rings. The van der Waals surface area contributed by atoms with Gasteiger partial charge >= 0.3 is 0 Å². The van der Waals surface area contributed by atoms with Crippen LogP contribution in [-0.2, 0) is 15.0 Å². The quantitative estimate of drug-likeness (QED) is 0.801. The first kappa shape index (κ1) is 20.8. The fourth-order valence-electron chi connectivity index (χ4n) is 4.70. The largest absolute Gasteiger partial charge is 0.355 e. The summed E-state index contributed by atoms with van der Waals surface area (Å²) in [6.45, 7) is 4.48. The number of hydrogen-bond acceptors (Lipinski definition) is 2. The molecule has 4 rings (SSSR count). The molecule has 1 aliphatic heterocycles. The normalized spacial score (nSPS) is 19.6. The third-order valence-corrected chi connectivity index (χ3v) is 6.93. The van der Waals surface area contributed by atoms with Gasteiger partial charge < -0.3 is 5.32 Å². The first-order valence-corrected chi connectivity index (χ1v) is 11.0. The smallest absolute Gasteiger partial charge is 0.253 e. The number of amides is 2. The molecule has 4 nitrogen and oxygen atoms in total. The number of fused-ring (bicyclic) bond motifs is 1. The van der Waals surface area contributed by atoms with E-state index < -0.39 is 5.41 Å². The van der Waals surface area contributed by atoms with E-state index in [1.54, 1.807) is 0 Å². The lowest BCUT2D eigenvalue weighted by Gasteiger charge is -2.28. The van der Waals surface area contributed by atoms with Crippen LogP contribution < -0.4 is 15.9 Å². The van der Waals surface area contributed by atoms with Gasteiger partial charge in [-0.05, 0) is 67.2 Å². The zero-order valence-corrected chi connectivity index (χ0v) is 18.3. The van der Waals surface area contributed by atoms with Crippen molar-refractivity contribution in [1.29, 1.82) is 0 Å². The van der Waals surface area contributed by atoms with Gasteiger partial charge in [-0.25, -0.2) is 4.99 Å². The van der Waals surface area contributed by atoms with Gasteiger partial charge in [-0.2, -0.15) is 0 Å². The first-order chi connectivity index (χ1) is 14.4. The first-order valence-electron chi connectivity index (χ1n) is 10.7. The third kappa shape index (κ3) is 3.81. The Balaban J connectivity index is 1.46. The molecule has 1 saturated carbocycles. The van der Waals surface area contributed by atoms with E-state index in [1.165, 1.54) is 0 Å². The summed E-state index contributed by atoms with van der Waals surface area (Å²) in [4.78, 5) is 30.1. The van der Waals surface area contributed by atoms with Crippen LogP contribution in [0.25, 0.3) is 6.08 Å². The van der Waals surface area contributed by atoms with Crippen LogP contribution in [0, 0.1) is 19.8 Å². The number of nitrogens with one attached hydrogen (secondary N) is 1. The molecule has 0 bridgehead atoms. The Bertz CT molecular complexity index is 1100. The van der Waals surface area contributed by atoms with E-state index in [0.29, 0.717) is 18.0 Å². The molecule has 1 heterocycles. The number of hydrogen-bond donors (Lipinski definition) is 1. The van der Waals surface area contributed by atoms with E-state index in [9.17, 15) is 9.59 Å². The van der Waals surface area contributed by atoms with Gasteiger partial charge in [0.05, 0.1) is 16.7 Å². The number of carbonyl (C=O) groups is 2. The molecule has 156 valence electrons. The Morgan fingerprint density at radius 3 is 2.53 bits per heavy atom. The van der Waals surface area contributed by atoms with Gasteiger partial charge in [0.2, 0.25) is 5.91 Å². The van der Waals surface area contributed by atoms with E-state index in [2.05, 4.69) is 16.4 Å². The summed E-state index contributed by atoms with van der Waals surface area (Å²) in [6.07, 6.45) is 6.32. The molecule has 1 atom stereocenters. The van der Waals surface area contributed by atoms with Crippen LogP contribution in [-0.4, -0.2) is 18.4 Å². The lowest BCUT2D eigenvalue weighted by Crippen LogP contribution is -2.43. The monoisotopic (exact) mass is 422 g/mol. The van der Waals surface area contributed by atoms with Crippen molar-refractivity contribution in [3.05, 3.63) is 68.7 Å². The van der Waals surface area contributed by atoms with Crippen molar-refractivity contribution in [3.8, 4) is 0 Å². The predicted octanol–water partition coefficient (Wildman–Crippen LogP) is 3.53. The molecule has 1 N–H and O–H groups in total. The number of nitrogens with zero attached hydrogens (tertiary/aromatic N) is 1. The second kappa shape index (κ2) is 8.35. The van der Waals surface area contributed by atoms with Gasteiger partial charge in [-0.15, -0.1) is 0 Å². The van der Waals surface area contributed by atoms with Gasteiger partial charge in [-0.1, -0.05) is 54.8 Å². The number of rotatable bonds is 5. The molecule has 0 saturated heterocycles. The van der Waals surface area contributed by atoms with Crippen LogP contribution in [0.1, 0.15) is 48.8 Å². The topological polar surface area (TPSA) is 58.5 Å². The van der Waals surface area contributed by atoms with E-state index >= 15 is 0 Å². The fraction of sp³-hybridized carbons (Fsp3) is 0.400. The minimum Gasteiger partial charge on any atom is -0.355 e. The van der Waals surface area contributed by atoms with Crippen molar-refractivity contribution in [2.75, 3.05) is 6.54 Å². The molecule has 2 amide bonds. The summed E-state index contributed by atoms with van der Waals surface area (Å²) in [6, 6.07) is 11.7. The van der Waals surface area contributed by atoms with Crippen LogP contribution in [0.5, 0.6) is 0 Å². The van der Waals surface area contributed by atoms with E-state index in [0.717, 1.165) is 52.9 Å². The van der Waals surface area contributed by atoms with E-state index in [4.69, 9.17) is 11.6 Å². The van der Waals surface area contributed by atoms with Gasteiger partial charge in [0.15, 0.2) is 0 Å². The van der Waals surface area contributed by atoms with Crippen molar-refractivity contribution in [1.82, 2.24) is 5.32 Å². The molecule has 5 heteroatoms. The highest BCUT2D eigenvalue weighted by molar-refractivity contribution is 6.30. The van der Waals surface area contributed by atoms with Crippen molar-refractivity contribution >= 4 is 29.5 Å². The number of benzene rings is 2. The standard InChI is InChI=1S/C25H27ClN2O2/c1-16-5-6-18-15-19(23(29)28-22(18)17(16)2)11-14-27-24(30)25(12-3-4-13-25)20-7-9-21(26)10-8-20/h5-10,15,19H,3-4,11-14H2,1-2H3,(H,27,30). The van der Waals surface area contributed by atoms with Gasteiger partial charge in [0, 0.05) is 11.6 Å².